The standard InChI is InChI=1S/C13H18N2O.ClH/c1-10(14)13(16)15(12-7-8-12)9-11-5-3-2-4-6-11;/h2-6,10,12H,7-9,14H2,1H3;1H/t10-;/m0./s1. The Morgan fingerprint density at radius 2 is 2.00 bits per heavy atom. The van der Waals surface area contributed by atoms with Gasteiger partial charge in [-0.25, -0.2) is 0 Å². The van der Waals surface area contributed by atoms with Gasteiger partial charge >= 0.3 is 0 Å². The molecule has 0 saturated heterocycles. The molecule has 0 bridgehead atoms. The van der Waals surface area contributed by atoms with E-state index in [1.807, 2.05) is 35.2 Å². The van der Waals surface area contributed by atoms with Gasteiger partial charge in [-0.1, -0.05) is 30.3 Å². The molecule has 1 amide bonds. The predicted molar refractivity (Wildman–Crippen MR) is 70.9 cm³/mol. The summed E-state index contributed by atoms with van der Waals surface area (Å²) < 4.78 is 0. The van der Waals surface area contributed by atoms with Crippen molar-refractivity contribution in [3.8, 4) is 0 Å². The molecule has 94 valence electrons. The molecule has 2 N–H and O–H groups in total. The number of benzene rings is 1. The van der Waals surface area contributed by atoms with Crippen molar-refractivity contribution >= 4 is 18.3 Å². The lowest BCUT2D eigenvalue weighted by molar-refractivity contribution is -0.133. The van der Waals surface area contributed by atoms with Crippen molar-refractivity contribution in [1.82, 2.24) is 4.90 Å². The quantitative estimate of drug-likeness (QED) is 0.893. The van der Waals surface area contributed by atoms with Crippen molar-refractivity contribution in [1.29, 1.82) is 0 Å². The van der Waals surface area contributed by atoms with Crippen LogP contribution in [0.1, 0.15) is 25.3 Å². The molecule has 1 fully saturated rings. The maximum absolute atomic E-state index is 11.9. The molecular weight excluding hydrogens is 236 g/mol. The van der Waals surface area contributed by atoms with E-state index in [9.17, 15) is 4.79 Å². The first kappa shape index (κ1) is 14.0. The molecular formula is C13H19ClN2O. The van der Waals surface area contributed by atoms with E-state index in [1.54, 1.807) is 6.92 Å². The van der Waals surface area contributed by atoms with Crippen LogP contribution in [0.25, 0.3) is 0 Å². The molecule has 0 unspecified atom stereocenters. The summed E-state index contributed by atoms with van der Waals surface area (Å²) in [5.41, 5.74) is 6.83. The molecule has 17 heavy (non-hydrogen) atoms. The number of amides is 1. The monoisotopic (exact) mass is 254 g/mol. The Hall–Kier alpha value is -1.06. The summed E-state index contributed by atoms with van der Waals surface area (Å²) in [5.74, 6) is 0.0614. The summed E-state index contributed by atoms with van der Waals surface area (Å²) in [6.07, 6.45) is 2.23. The number of hydrogen-bond donors (Lipinski definition) is 1. The Bertz CT molecular complexity index is 363. The second kappa shape index (κ2) is 6.03. The minimum atomic E-state index is -0.399. The molecule has 3 nitrogen and oxygen atoms in total. The Labute approximate surface area is 108 Å². The van der Waals surface area contributed by atoms with Crippen LogP contribution in [-0.2, 0) is 11.3 Å². The van der Waals surface area contributed by atoms with Crippen LogP contribution in [0, 0.1) is 0 Å². The van der Waals surface area contributed by atoms with Crippen LogP contribution in [0.15, 0.2) is 30.3 Å². The van der Waals surface area contributed by atoms with Gasteiger partial charge < -0.3 is 10.6 Å². The van der Waals surface area contributed by atoms with Gasteiger partial charge in [0, 0.05) is 12.6 Å². The van der Waals surface area contributed by atoms with Gasteiger partial charge in [0.2, 0.25) is 5.91 Å². The number of nitrogens with two attached hydrogens (primary N) is 1. The van der Waals surface area contributed by atoms with Crippen LogP contribution >= 0.6 is 12.4 Å². The number of rotatable bonds is 4. The van der Waals surface area contributed by atoms with Crippen molar-refractivity contribution in [3.05, 3.63) is 35.9 Å². The van der Waals surface area contributed by atoms with Crippen LogP contribution in [0.4, 0.5) is 0 Å². The Balaban J connectivity index is 0.00000144. The molecule has 1 saturated carbocycles. The number of halogens is 1. The molecule has 0 aromatic heterocycles. The van der Waals surface area contributed by atoms with Crippen LogP contribution in [0.3, 0.4) is 0 Å². The fourth-order valence-electron chi connectivity index (χ4n) is 1.81. The molecule has 0 aliphatic heterocycles. The Kier molecular flexibility index (Phi) is 4.97. The van der Waals surface area contributed by atoms with Crippen LogP contribution in [0.2, 0.25) is 0 Å². The van der Waals surface area contributed by atoms with Gasteiger partial charge in [0.1, 0.15) is 0 Å². The van der Waals surface area contributed by atoms with Crippen molar-refractivity contribution in [2.75, 3.05) is 0 Å². The normalized spacial score (nSPS) is 15.9. The minimum absolute atomic E-state index is 0. The highest BCUT2D eigenvalue weighted by molar-refractivity contribution is 5.85. The number of nitrogens with zero attached hydrogens (tertiary/aromatic N) is 1. The van der Waals surface area contributed by atoms with E-state index >= 15 is 0 Å². The molecule has 2 rings (SSSR count). The third-order valence-electron chi connectivity index (χ3n) is 2.86. The minimum Gasteiger partial charge on any atom is -0.334 e. The van der Waals surface area contributed by atoms with E-state index in [4.69, 9.17) is 5.73 Å². The second-order valence-corrected chi connectivity index (χ2v) is 4.47. The molecule has 0 radical (unpaired) electrons. The van der Waals surface area contributed by atoms with Gasteiger partial charge in [-0.15, -0.1) is 12.4 Å². The van der Waals surface area contributed by atoms with E-state index in [1.165, 1.54) is 5.56 Å². The first-order valence-corrected chi connectivity index (χ1v) is 5.78. The molecule has 1 aliphatic rings. The lowest BCUT2D eigenvalue weighted by Crippen LogP contribution is -2.42. The van der Waals surface area contributed by atoms with Crippen molar-refractivity contribution < 1.29 is 4.79 Å². The summed E-state index contributed by atoms with van der Waals surface area (Å²) in [6, 6.07) is 10.1. The van der Waals surface area contributed by atoms with Crippen molar-refractivity contribution in [3.63, 3.8) is 0 Å². The molecule has 1 atom stereocenters. The largest absolute Gasteiger partial charge is 0.334 e. The topological polar surface area (TPSA) is 46.3 Å². The van der Waals surface area contributed by atoms with Gasteiger partial charge in [-0.05, 0) is 25.3 Å². The summed E-state index contributed by atoms with van der Waals surface area (Å²) in [7, 11) is 0. The summed E-state index contributed by atoms with van der Waals surface area (Å²) in [6.45, 7) is 2.44. The first-order chi connectivity index (χ1) is 7.68. The molecule has 1 aromatic rings. The van der Waals surface area contributed by atoms with E-state index < -0.39 is 6.04 Å². The third-order valence-corrected chi connectivity index (χ3v) is 2.86. The zero-order valence-corrected chi connectivity index (χ0v) is 10.8. The average molecular weight is 255 g/mol. The lowest BCUT2D eigenvalue weighted by Gasteiger charge is -2.24. The number of hydrogen-bond acceptors (Lipinski definition) is 2. The maximum Gasteiger partial charge on any atom is 0.239 e. The van der Waals surface area contributed by atoms with Crippen molar-refractivity contribution in [2.45, 2.75) is 38.4 Å². The fraction of sp³-hybridized carbons (Fsp3) is 0.462. The zero-order chi connectivity index (χ0) is 11.5. The predicted octanol–water partition coefficient (Wildman–Crippen LogP) is 1.95. The Morgan fingerprint density at radius 1 is 1.41 bits per heavy atom. The van der Waals surface area contributed by atoms with E-state index in [0.717, 1.165) is 12.8 Å². The number of carbonyl (C=O) groups is 1. The SMILES string of the molecule is C[C@H](N)C(=O)N(Cc1ccccc1)C1CC1.Cl. The van der Waals surface area contributed by atoms with Gasteiger partial charge in [0.15, 0.2) is 0 Å². The summed E-state index contributed by atoms with van der Waals surface area (Å²) in [5, 5.41) is 0. The molecule has 4 heteroatoms. The lowest BCUT2D eigenvalue weighted by atomic mass is 10.2. The van der Waals surface area contributed by atoms with Gasteiger partial charge in [0.05, 0.1) is 6.04 Å². The maximum atomic E-state index is 11.9. The first-order valence-electron chi connectivity index (χ1n) is 5.78. The number of carbonyl (C=O) groups excluding carboxylic acids is 1. The zero-order valence-electron chi connectivity index (χ0n) is 10.0. The van der Waals surface area contributed by atoms with Crippen LogP contribution in [0.5, 0.6) is 0 Å². The molecule has 1 aromatic carbocycles. The Morgan fingerprint density at radius 3 is 2.47 bits per heavy atom. The van der Waals surface area contributed by atoms with Crippen LogP contribution in [-0.4, -0.2) is 22.9 Å². The van der Waals surface area contributed by atoms with Crippen molar-refractivity contribution in [2.24, 2.45) is 5.73 Å². The molecule has 1 aliphatic carbocycles. The highest BCUT2D eigenvalue weighted by Gasteiger charge is 2.33. The smallest absolute Gasteiger partial charge is 0.239 e. The van der Waals surface area contributed by atoms with E-state index in [-0.39, 0.29) is 18.3 Å². The van der Waals surface area contributed by atoms with Gasteiger partial charge in [-0.2, -0.15) is 0 Å². The third kappa shape index (κ3) is 3.72. The fourth-order valence-corrected chi connectivity index (χ4v) is 1.81. The molecule has 0 spiro atoms. The average Bonchev–Trinajstić information content (AvgIpc) is 3.10. The van der Waals surface area contributed by atoms with E-state index in [2.05, 4.69) is 0 Å². The van der Waals surface area contributed by atoms with Crippen LogP contribution < -0.4 is 5.73 Å². The van der Waals surface area contributed by atoms with Gasteiger partial charge in [-0.3, -0.25) is 4.79 Å². The highest BCUT2D eigenvalue weighted by atomic mass is 35.5. The summed E-state index contributed by atoms with van der Waals surface area (Å²) in [4.78, 5) is 13.8. The molecule has 0 heterocycles. The van der Waals surface area contributed by atoms with E-state index in [0.29, 0.717) is 12.6 Å². The second-order valence-electron chi connectivity index (χ2n) is 4.47. The summed E-state index contributed by atoms with van der Waals surface area (Å²) >= 11 is 0. The van der Waals surface area contributed by atoms with Gasteiger partial charge in [0.25, 0.3) is 0 Å². The highest BCUT2D eigenvalue weighted by Crippen LogP contribution is 2.28.